The normalized spacial score (nSPS) is 12.2. The Morgan fingerprint density at radius 3 is 2.35 bits per heavy atom. The van der Waals surface area contributed by atoms with Crippen molar-refractivity contribution in [3.63, 3.8) is 0 Å². The lowest BCUT2D eigenvalue weighted by Gasteiger charge is -2.16. The van der Waals surface area contributed by atoms with Crippen LogP contribution >= 0.6 is 0 Å². The molecular formula is C21H24N2O3. The first-order valence-electron chi connectivity index (χ1n) is 8.70. The quantitative estimate of drug-likeness (QED) is 0.628. The van der Waals surface area contributed by atoms with Crippen molar-refractivity contribution in [2.24, 2.45) is 5.92 Å². The summed E-state index contributed by atoms with van der Waals surface area (Å²) in [6, 6.07) is 16.1. The maximum absolute atomic E-state index is 5.60. The number of nitrogens with zero attached hydrogens (tertiary/aromatic N) is 2. The van der Waals surface area contributed by atoms with Gasteiger partial charge in [0.25, 0.3) is 0 Å². The van der Waals surface area contributed by atoms with E-state index in [0.717, 1.165) is 5.56 Å². The molecule has 5 nitrogen and oxygen atoms in total. The van der Waals surface area contributed by atoms with E-state index in [1.165, 1.54) is 5.56 Å². The van der Waals surface area contributed by atoms with Crippen molar-refractivity contribution in [2.75, 3.05) is 14.2 Å². The third-order valence-electron chi connectivity index (χ3n) is 4.39. The maximum atomic E-state index is 5.60. The van der Waals surface area contributed by atoms with Crippen LogP contribution in [0.25, 0.3) is 0 Å². The van der Waals surface area contributed by atoms with E-state index >= 15 is 0 Å². The Kier molecular flexibility index (Phi) is 5.56. The van der Waals surface area contributed by atoms with Crippen LogP contribution in [-0.4, -0.2) is 24.4 Å². The van der Waals surface area contributed by atoms with Crippen molar-refractivity contribution >= 4 is 0 Å². The Balaban J connectivity index is 1.83. The summed E-state index contributed by atoms with van der Waals surface area (Å²) >= 11 is 0. The number of hydrogen-bond acceptors (Lipinski definition) is 5. The highest BCUT2D eigenvalue weighted by molar-refractivity contribution is 5.43. The first kappa shape index (κ1) is 18.0. The molecule has 1 heterocycles. The minimum Gasteiger partial charge on any atom is -0.493 e. The molecule has 0 N–H and O–H groups in total. The summed E-state index contributed by atoms with van der Waals surface area (Å²) in [7, 11) is 3.25. The van der Waals surface area contributed by atoms with E-state index in [-0.39, 0.29) is 5.92 Å². The molecule has 0 saturated carbocycles. The SMILES string of the molecule is COc1ccc(Cc2noc(C(c3ccccc3)C(C)C)n2)cc1OC. The van der Waals surface area contributed by atoms with Crippen molar-refractivity contribution in [3.05, 3.63) is 71.4 Å². The fourth-order valence-corrected chi connectivity index (χ4v) is 3.11. The molecule has 0 bridgehead atoms. The van der Waals surface area contributed by atoms with Crippen LogP contribution in [0.1, 0.15) is 42.6 Å². The van der Waals surface area contributed by atoms with Crippen LogP contribution in [0.4, 0.5) is 0 Å². The molecule has 5 heteroatoms. The summed E-state index contributed by atoms with van der Waals surface area (Å²) < 4.78 is 16.2. The van der Waals surface area contributed by atoms with Gasteiger partial charge in [0.1, 0.15) is 0 Å². The molecule has 3 rings (SSSR count). The second-order valence-corrected chi connectivity index (χ2v) is 6.55. The molecule has 1 atom stereocenters. The second kappa shape index (κ2) is 8.04. The fourth-order valence-electron chi connectivity index (χ4n) is 3.11. The minimum atomic E-state index is 0.0860. The van der Waals surface area contributed by atoms with E-state index in [9.17, 15) is 0 Å². The zero-order valence-corrected chi connectivity index (χ0v) is 15.6. The van der Waals surface area contributed by atoms with Gasteiger partial charge in [-0.3, -0.25) is 0 Å². The highest BCUT2D eigenvalue weighted by atomic mass is 16.5. The molecule has 1 aromatic heterocycles. The molecule has 0 amide bonds. The minimum absolute atomic E-state index is 0.0860. The summed E-state index contributed by atoms with van der Waals surface area (Å²) in [5.41, 5.74) is 2.22. The van der Waals surface area contributed by atoms with Gasteiger partial charge in [0.05, 0.1) is 20.1 Å². The zero-order chi connectivity index (χ0) is 18.5. The van der Waals surface area contributed by atoms with Crippen LogP contribution in [0.5, 0.6) is 11.5 Å². The Morgan fingerprint density at radius 2 is 1.69 bits per heavy atom. The topological polar surface area (TPSA) is 57.4 Å². The van der Waals surface area contributed by atoms with Crippen LogP contribution in [0.3, 0.4) is 0 Å². The van der Waals surface area contributed by atoms with Crippen molar-refractivity contribution in [2.45, 2.75) is 26.2 Å². The molecule has 0 fully saturated rings. The van der Waals surface area contributed by atoms with Crippen LogP contribution in [-0.2, 0) is 6.42 Å². The monoisotopic (exact) mass is 352 g/mol. The number of benzene rings is 2. The lowest BCUT2D eigenvalue weighted by Crippen LogP contribution is -2.09. The molecule has 0 aliphatic carbocycles. The summed E-state index contributed by atoms with van der Waals surface area (Å²) in [4.78, 5) is 4.65. The molecule has 26 heavy (non-hydrogen) atoms. The summed E-state index contributed by atoms with van der Waals surface area (Å²) in [6.07, 6.45) is 0.573. The van der Waals surface area contributed by atoms with E-state index < -0.39 is 0 Å². The van der Waals surface area contributed by atoms with Crippen LogP contribution in [0.2, 0.25) is 0 Å². The molecule has 0 aliphatic rings. The van der Waals surface area contributed by atoms with Crippen molar-refractivity contribution in [1.82, 2.24) is 10.1 Å². The largest absolute Gasteiger partial charge is 0.493 e. The van der Waals surface area contributed by atoms with Gasteiger partial charge in [-0.2, -0.15) is 4.98 Å². The number of aromatic nitrogens is 2. The first-order valence-corrected chi connectivity index (χ1v) is 8.70. The molecule has 0 saturated heterocycles. The van der Waals surface area contributed by atoms with Gasteiger partial charge in [-0.1, -0.05) is 55.4 Å². The molecular weight excluding hydrogens is 328 g/mol. The van der Waals surface area contributed by atoms with Crippen LogP contribution < -0.4 is 9.47 Å². The number of rotatable bonds is 7. The molecule has 2 aromatic carbocycles. The summed E-state index contributed by atoms with van der Waals surface area (Å²) in [6.45, 7) is 4.33. The molecule has 136 valence electrons. The lowest BCUT2D eigenvalue weighted by molar-refractivity contribution is 0.338. The molecule has 1 unspecified atom stereocenters. The number of ether oxygens (including phenoxy) is 2. The maximum Gasteiger partial charge on any atom is 0.234 e. The molecule has 0 radical (unpaired) electrons. The van der Waals surface area contributed by atoms with Crippen molar-refractivity contribution < 1.29 is 14.0 Å². The smallest absolute Gasteiger partial charge is 0.234 e. The van der Waals surface area contributed by atoms with E-state index in [0.29, 0.717) is 35.6 Å². The Bertz CT molecular complexity index is 843. The van der Waals surface area contributed by atoms with Gasteiger partial charge in [-0.25, -0.2) is 0 Å². The molecule has 0 spiro atoms. The average molecular weight is 352 g/mol. The molecule has 3 aromatic rings. The van der Waals surface area contributed by atoms with E-state index in [1.54, 1.807) is 14.2 Å². The predicted molar refractivity (Wildman–Crippen MR) is 99.8 cm³/mol. The third-order valence-corrected chi connectivity index (χ3v) is 4.39. The van der Waals surface area contributed by atoms with Crippen LogP contribution in [0, 0.1) is 5.92 Å². The summed E-state index contributed by atoms with van der Waals surface area (Å²) in [5.74, 6) is 3.15. The number of hydrogen-bond donors (Lipinski definition) is 0. The van der Waals surface area contributed by atoms with Crippen LogP contribution in [0.15, 0.2) is 53.1 Å². The van der Waals surface area contributed by atoms with Crippen molar-refractivity contribution in [3.8, 4) is 11.5 Å². The standard InChI is InChI=1S/C21H24N2O3/c1-14(2)20(16-8-6-5-7-9-16)21-22-19(23-26-21)13-15-10-11-17(24-3)18(12-15)25-4/h5-12,14,20H,13H2,1-4H3. The third kappa shape index (κ3) is 3.87. The fraction of sp³-hybridized carbons (Fsp3) is 0.333. The second-order valence-electron chi connectivity index (χ2n) is 6.55. The highest BCUT2D eigenvalue weighted by Gasteiger charge is 2.24. The Morgan fingerprint density at radius 1 is 0.962 bits per heavy atom. The summed E-state index contributed by atoms with van der Waals surface area (Å²) in [5, 5.41) is 4.18. The lowest BCUT2D eigenvalue weighted by atomic mass is 9.88. The zero-order valence-electron chi connectivity index (χ0n) is 15.6. The van der Waals surface area contributed by atoms with Gasteiger partial charge in [0.15, 0.2) is 17.3 Å². The predicted octanol–water partition coefficient (Wildman–Crippen LogP) is 4.47. The van der Waals surface area contributed by atoms with Gasteiger partial charge in [-0.15, -0.1) is 0 Å². The van der Waals surface area contributed by atoms with E-state index in [4.69, 9.17) is 14.0 Å². The van der Waals surface area contributed by atoms with E-state index in [1.807, 2.05) is 36.4 Å². The van der Waals surface area contributed by atoms with E-state index in [2.05, 4.69) is 36.1 Å². The molecule has 0 aliphatic heterocycles. The first-order chi connectivity index (χ1) is 12.6. The number of methoxy groups -OCH3 is 2. The average Bonchev–Trinajstić information content (AvgIpc) is 3.10. The Labute approximate surface area is 154 Å². The van der Waals surface area contributed by atoms with Gasteiger partial charge in [0.2, 0.25) is 5.89 Å². The van der Waals surface area contributed by atoms with Gasteiger partial charge in [0, 0.05) is 6.42 Å². The van der Waals surface area contributed by atoms with Gasteiger partial charge >= 0.3 is 0 Å². The van der Waals surface area contributed by atoms with Gasteiger partial charge in [-0.05, 0) is 29.2 Å². The van der Waals surface area contributed by atoms with Gasteiger partial charge < -0.3 is 14.0 Å². The highest BCUT2D eigenvalue weighted by Crippen LogP contribution is 2.31. The Hall–Kier alpha value is -2.82. The van der Waals surface area contributed by atoms with Crippen molar-refractivity contribution in [1.29, 1.82) is 0 Å².